The molecule has 0 saturated carbocycles. The molecule has 0 spiro atoms. The zero-order valence-electron chi connectivity index (χ0n) is 14.2. The summed E-state index contributed by atoms with van der Waals surface area (Å²) in [5, 5.41) is 0.373. The molecule has 0 radical (unpaired) electrons. The molecule has 0 aliphatic rings. The number of ether oxygens (including phenoxy) is 2. The van der Waals surface area contributed by atoms with Gasteiger partial charge in [0.05, 0.1) is 5.02 Å². The Bertz CT molecular complexity index is 770. The highest BCUT2D eigenvalue weighted by molar-refractivity contribution is 6.32. The van der Waals surface area contributed by atoms with Crippen LogP contribution in [0.2, 0.25) is 5.02 Å². The van der Waals surface area contributed by atoms with E-state index in [0.29, 0.717) is 16.5 Å². The summed E-state index contributed by atoms with van der Waals surface area (Å²) in [4.78, 5) is 24.0. The van der Waals surface area contributed by atoms with Crippen molar-refractivity contribution in [2.24, 2.45) is 0 Å². The molecule has 2 amide bonds. The number of carbonyl (C=O) groups is 2. The molecule has 2 atom stereocenters. The average Bonchev–Trinajstić information content (AvgIpc) is 2.63. The van der Waals surface area contributed by atoms with Crippen LogP contribution < -0.4 is 20.3 Å². The molecule has 0 fully saturated rings. The van der Waals surface area contributed by atoms with Crippen molar-refractivity contribution in [2.45, 2.75) is 26.1 Å². The SMILES string of the molecule is CC(Oc1ccc(F)cc1)C(=O)NNC(=O)C(C)Oc1ccccc1Cl. The van der Waals surface area contributed by atoms with E-state index in [2.05, 4.69) is 10.9 Å². The van der Waals surface area contributed by atoms with Gasteiger partial charge in [-0.25, -0.2) is 4.39 Å². The molecule has 0 aliphatic carbocycles. The van der Waals surface area contributed by atoms with Crippen molar-refractivity contribution in [1.29, 1.82) is 0 Å². The van der Waals surface area contributed by atoms with Gasteiger partial charge in [0.2, 0.25) is 0 Å². The number of hydrazine groups is 1. The summed E-state index contributed by atoms with van der Waals surface area (Å²) < 4.78 is 23.6. The fraction of sp³-hybridized carbons (Fsp3) is 0.222. The molecule has 2 N–H and O–H groups in total. The number of para-hydroxylation sites is 1. The Balaban J connectivity index is 1.81. The molecule has 138 valence electrons. The number of nitrogens with one attached hydrogen (secondary N) is 2. The van der Waals surface area contributed by atoms with Crippen LogP contribution in [-0.2, 0) is 9.59 Å². The summed E-state index contributed by atoms with van der Waals surface area (Å²) in [6.45, 7) is 3.01. The Hall–Kier alpha value is -2.80. The third kappa shape index (κ3) is 5.63. The van der Waals surface area contributed by atoms with E-state index < -0.39 is 29.8 Å². The minimum absolute atomic E-state index is 0.329. The number of benzene rings is 2. The van der Waals surface area contributed by atoms with Crippen LogP contribution in [-0.4, -0.2) is 24.0 Å². The van der Waals surface area contributed by atoms with Gasteiger partial charge >= 0.3 is 0 Å². The maximum atomic E-state index is 12.8. The maximum absolute atomic E-state index is 12.8. The van der Waals surface area contributed by atoms with E-state index in [1.807, 2.05) is 0 Å². The van der Waals surface area contributed by atoms with E-state index in [0.717, 1.165) is 0 Å². The number of carbonyl (C=O) groups excluding carboxylic acids is 2. The molecule has 2 unspecified atom stereocenters. The van der Waals surface area contributed by atoms with Gasteiger partial charge in [-0.05, 0) is 50.2 Å². The lowest BCUT2D eigenvalue weighted by molar-refractivity contribution is -0.135. The first kappa shape index (κ1) is 19.5. The molecular weight excluding hydrogens is 363 g/mol. The Labute approximate surface area is 155 Å². The first-order valence-corrected chi connectivity index (χ1v) is 8.17. The predicted molar refractivity (Wildman–Crippen MR) is 94.3 cm³/mol. The van der Waals surface area contributed by atoms with Gasteiger partial charge in [0.15, 0.2) is 12.2 Å². The highest BCUT2D eigenvalue weighted by Crippen LogP contribution is 2.24. The van der Waals surface area contributed by atoms with Crippen LogP contribution in [0.25, 0.3) is 0 Å². The molecule has 0 heterocycles. The quantitative estimate of drug-likeness (QED) is 0.755. The number of halogens is 2. The fourth-order valence-corrected chi connectivity index (χ4v) is 2.06. The number of amides is 2. The fourth-order valence-electron chi connectivity index (χ4n) is 1.88. The van der Waals surface area contributed by atoms with Crippen molar-refractivity contribution >= 4 is 23.4 Å². The van der Waals surface area contributed by atoms with Crippen LogP contribution in [0.15, 0.2) is 48.5 Å². The summed E-state index contributed by atoms with van der Waals surface area (Å²) in [5.41, 5.74) is 4.50. The average molecular weight is 381 g/mol. The van der Waals surface area contributed by atoms with Crippen molar-refractivity contribution in [3.63, 3.8) is 0 Å². The Morgan fingerprint density at radius 3 is 2.04 bits per heavy atom. The Morgan fingerprint density at radius 2 is 1.46 bits per heavy atom. The Morgan fingerprint density at radius 1 is 0.923 bits per heavy atom. The lowest BCUT2D eigenvalue weighted by atomic mass is 10.3. The van der Waals surface area contributed by atoms with Crippen LogP contribution in [0.5, 0.6) is 11.5 Å². The zero-order valence-corrected chi connectivity index (χ0v) is 14.9. The standard InChI is InChI=1S/C18H18ClFN2O4/c1-11(25-14-9-7-13(20)8-10-14)17(23)21-22-18(24)12(2)26-16-6-4-3-5-15(16)19/h3-12H,1-2H3,(H,21,23)(H,22,24). The van der Waals surface area contributed by atoms with Gasteiger partial charge < -0.3 is 9.47 Å². The molecule has 2 aromatic rings. The third-order valence-electron chi connectivity index (χ3n) is 3.31. The van der Waals surface area contributed by atoms with Crippen molar-refractivity contribution in [2.75, 3.05) is 0 Å². The molecule has 26 heavy (non-hydrogen) atoms. The molecular formula is C18H18ClFN2O4. The lowest BCUT2D eigenvalue weighted by Gasteiger charge is -2.18. The minimum atomic E-state index is -0.902. The van der Waals surface area contributed by atoms with E-state index in [4.69, 9.17) is 21.1 Å². The van der Waals surface area contributed by atoms with Gasteiger partial charge in [0.25, 0.3) is 11.8 Å². The number of hydrogen-bond donors (Lipinski definition) is 2. The van der Waals surface area contributed by atoms with Gasteiger partial charge in [-0.15, -0.1) is 0 Å². The van der Waals surface area contributed by atoms with Crippen LogP contribution in [0, 0.1) is 5.82 Å². The normalized spacial score (nSPS) is 12.6. The van der Waals surface area contributed by atoms with Gasteiger partial charge in [0.1, 0.15) is 17.3 Å². The molecule has 0 saturated heterocycles. The molecule has 2 rings (SSSR count). The largest absolute Gasteiger partial charge is 0.481 e. The highest BCUT2D eigenvalue weighted by Gasteiger charge is 2.19. The van der Waals surface area contributed by atoms with Gasteiger partial charge in [0, 0.05) is 0 Å². The van der Waals surface area contributed by atoms with Crippen LogP contribution in [0.3, 0.4) is 0 Å². The lowest BCUT2D eigenvalue weighted by Crippen LogP contribution is -2.50. The minimum Gasteiger partial charge on any atom is -0.481 e. The number of rotatable bonds is 6. The summed E-state index contributed by atoms with van der Waals surface area (Å²) >= 11 is 5.96. The summed E-state index contributed by atoms with van der Waals surface area (Å²) in [5.74, 6) is -0.860. The summed E-state index contributed by atoms with van der Waals surface area (Å²) in [6, 6.07) is 12.0. The highest BCUT2D eigenvalue weighted by atomic mass is 35.5. The van der Waals surface area contributed by atoms with Crippen molar-refractivity contribution in [1.82, 2.24) is 10.9 Å². The molecule has 6 nitrogen and oxygen atoms in total. The molecule has 0 aromatic heterocycles. The molecule has 0 aliphatic heterocycles. The van der Waals surface area contributed by atoms with E-state index in [1.165, 1.54) is 38.1 Å². The van der Waals surface area contributed by atoms with E-state index in [1.54, 1.807) is 24.3 Å². The first-order valence-electron chi connectivity index (χ1n) is 7.80. The Kier molecular flexibility index (Phi) is 6.80. The number of hydrogen-bond acceptors (Lipinski definition) is 4. The molecule has 8 heteroatoms. The van der Waals surface area contributed by atoms with Crippen LogP contribution >= 0.6 is 11.6 Å². The van der Waals surface area contributed by atoms with E-state index in [-0.39, 0.29) is 0 Å². The van der Waals surface area contributed by atoms with Gasteiger partial charge in [-0.3, -0.25) is 20.4 Å². The third-order valence-corrected chi connectivity index (χ3v) is 3.63. The summed E-state index contributed by atoms with van der Waals surface area (Å²) in [7, 11) is 0. The van der Waals surface area contributed by atoms with Crippen molar-refractivity contribution in [3.05, 3.63) is 59.4 Å². The summed E-state index contributed by atoms with van der Waals surface area (Å²) in [6.07, 6.45) is -1.79. The predicted octanol–water partition coefficient (Wildman–Crippen LogP) is 2.86. The second-order valence-electron chi connectivity index (χ2n) is 5.38. The van der Waals surface area contributed by atoms with Crippen LogP contribution in [0.4, 0.5) is 4.39 Å². The topological polar surface area (TPSA) is 76.7 Å². The van der Waals surface area contributed by atoms with Crippen molar-refractivity contribution < 1.29 is 23.5 Å². The second kappa shape index (κ2) is 9.05. The first-order chi connectivity index (χ1) is 12.4. The monoisotopic (exact) mass is 380 g/mol. The molecule has 0 bridgehead atoms. The van der Waals surface area contributed by atoms with Crippen molar-refractivity contribution in [3.8, 4) is 11.5 Å². The van der Waals surface area contributed by atoms with Crippen LogP contribution in [0.1, 0.15) is 13.8 Å². The maximum Gasteiger partial charge on any atom is 0.279 e. The van der Waals surface area contributed by atoms with E-state index in [9.17, 15) is 14.0 Å². The molecule has 2 aromatic carbocycles. The zero-order chi connectivity index (χ0) is 19.1. The van der Waals surface area contributed by atoms with E-state index >= 15 is 0 Å². The second-order valence-corrected chi connectivity index (χ2v) is 5.79. The van der Waals surface area contributed by atoms with Gasteiger partial charge in [-0.2, -0.15) is 0 Å². The van der Waals surface area contributed by atoms with Gasteiger partial charge in [-0.1, -0.05) is 23.7 Å². The smallest absolute Gasteiger partial charge is 0.279 e.